The lowest BCUT2D eigenvalue weighted by Crippen LogP contribution is -2.43. The van der Waals surface area contributed by atoms with Crippen LogP contribution in [0.4, 0.5) is 0 Å². The van der Waals surface area contributed by atoms with Gasteiger partial charge in [-0.3, -0.25) is 0 Å². The number of nitrogens with zero attached hydrogens (tertiary/aromatic N) is 3. The molecule has 0 bridgehead atoms. The van der Waals surface area contributed by atoms with Gasteiger partial charge in [0.1, 0.15) is 0 Å². The Morgan fingerprint density at radius 3 is 3.06 bits per heavy atom. The van der Waals surface area contributed by atoms with Gasteiger partial charge in [-0.1, -0.05) is 6.92 Å². The van der Waals surface area contributed by atoms with E-state index in [1.807, 2.05) is 17.1 Å². The monoisotopic (exact) mass is 231 g/mol. The molecule has 90 valence electrons. The lowest BCUT2D eigenvalue weighted by molar-refractivity contribution is 0.325. The van der Waals surface area contributed by atoms with Crippen LogP contribution in [-0.2, 0) is 6.54 Å². The third-order valence-electron chi connectivity index (χ3n) is 3.17. The molecule has 3 heterocycles. The van der Waals surface area contributed by atoms with Crippen molar-refractivity contribution in [3.05, 3.63) is 24.0 Å². The molecule has 3 rings (SSSR count). The molecule has 0 aromatic carbocycles. The molecule has 1 saturated heterocycles. The zero-order valence-electron chi connectivity index (χ0n) is 9.98. The summed E-state index contributed by atoms with van der Waals surface area (Å²) >= 11 is 0. The molecule has 0 aliphatic carbocycles. The Morgan fingerprint density at radius 2 is 2.35 bits per heavy atom. The summed E-state index contributed by atoms with van der Waals surface area (Å²) in [6.07, 6.45) is 3.85. The van der Waals surface area contributed by atoms with E-state index in [1.54, 1.807) is 0 Å². The maximum Gasteiger partial charge on any atom is 0.158 e. The fourth-order valence-electron chi connectivity index (χ4n) is 2.07. The Balaban J connectivity index is 1.90. The molecule has 5 nitrogen and oxygen atoms in total. The summed E-state index contributed by atoms with van der Waals surface area (Å²) in [5, 5.41) is 12.1. The molecule has 17 heavy (non-hydrogen) atoms. The molecule has 1 aliphatic rings. The normalized spacial score (nSPS) is 16.3. The van der Waals surface area contributed by atoms with E-state index in [0.717, 1.165) is 37.2 Å². The van der Waals surface area contributed by atoms with Gasteiger partial charge in [0.05, 0.1) is 12.2 Å². The average molecular weight is 231 g/mol. The smallest absolute Gasteiger partial charge is 0.158 e. The first kappa shape index (κ1) is 10.7. The molecule has 0 radical (unpaired) electrons. The summed E-state index contributed by atoms with van der Waals surface area (Å²) in [5.74, 6) is 0. The summed E-state index contributed by atoms with van der Waals surface area (Å²) in [6, 6.07) is 2.64. The van der Waals surface area contributed by atoms with Crippen LogP contribution in [-0.4, -0.2) is 34.4 Å². The summed E-state index contributed by atoms with van der Waals surface area (Å²) < 4.78 is 2.03. The molecule has 0 saturated carbocycles. The van der Waals surface area contributed by atoms with Crippen LogP contribution in [0.2, 0.25) is 0 Å². The highest BCUT2D eigenvalue weighted by Gasteiger charge is 2.21. The zero-order chi connectivity index (χ0) is 11.7. The Labute approximate surface area is 100 Å². The van der Waals surface area contributed by atoms with E-state index >= 15 is 0 Å². The Hall–Kier alpha value is -1.46. The van der Waals surface area contributed by atoms with Gasteiger partial charge >= 0.3 is 0 Å². The van der Waals surface area contributed by atoms with Crippen LogP contribution in [0.15, 0.2) is 18.5 Å². The largest absolute Gasteiger partial charge is 0.313 e. The summed E-state index contributed by atoms with van der Waals surface area (Å²) in [5.41, 5.74) is 2.21. The maximum atomic E-state index is 4.53. The fraction of sp³-hybridized carbons (Fsp3) is 0.500. The van der Waals surface area contributed by atoms with E-state index in [4.69, 9.17) is 0 Å². The number of fused-ring (bicyclic) bond motifs is 1. The number of rotatable bonds is 4. The van der Waals surface area contributed by atoms with E-state index in [1.165, 1.54) is 5.56 Å². The Kier molecular flexibility index (Phi) is 2.78. The second-order valence-electron chi connectivity index (χ2n) is 4.44. The van der Waals surface area contributed by atoms with Crippen molar-refractivity contribution in [1.82, 2.24) is 25.4 Å². The lowest BCUT2D eigenvalue weighted by atomic mass is 10.2. The molecule has 0 spiro atoms. The van der Waals surface area contributed by atoms with E-state index in [0.29, 0.717) is 6.04 Å². The number of hydrogen-bond acceptors (Lipinski definition) is 4. The quantitative estimate of drug-likeness (QED) is 0.812. The first-order chi connectivity index (χ1) is 8.38. The minimum atomic E-state index is 0.472. The topological polar surface area (TPSA) is 54.8 Å². The number of pyridine rings is 1. The molecule has 0 amide bonds. The van der Waals surface area contributed by atoms with Crippen molar-refractivity contribution < 1.29 is 0 Å². The van der Waals surface area contributed by atoms with Crippen molar-refractivity contribution in [1.29, 1.82) is 0 Å². The molecular formula is C12H17N5. The van der Waals surface area contributed by atoms with E-state index < -0.39 is 0 Å². The third-order valence-corrected chi connectivity index (χ3v) is 3.17. The van der Waals surface area contributed by atoms with Crippen molar-refractivity contribution in [3.63, 3.8) is 0 Å². The highest BCUT2D eigenvalue weighted by Crippen LogP contribution is 2.19. The van der Waals surface area contributed by atoms with Gasteiger partial charge in [0.25, 0.3) is 0 Å². The van der Waals surface area contributed by atoms with Crippen LogP contribution in [0.25, 0.3) is 11.0 Å². The highest BCUT2D eigenvalue weighted by molar-refractivity contribution is 5.75. The van der Waals surface area contributed by atoms with E-state index in [9.17, 15) is 0 Å². The van der Waals surface area contributed by atoms with E-state index in [-0.39, 0.29) is 0 Å². The summed E-state index contributed by atoms with van der Waals surface area (Å²) in [4.78, 5) is 4.53. The van der Waals surface area contributed by atoms with Gasteiger partial charge in [0.15, 0.2) is 5.65 Å². The molecule has 2 aromatic rings. The van der Waals surface area contributed by atoms with Crippen molar-refractivity contribution in [2.75, 3.05) is 19.6 Å². The minimum Gasteiger partial charge on any atom is -0.313 e. The van der Waals surface area contributed by atoms with Crippen LogP contribution < -0.4 is 10.6 Å². The van der Waals surface area contributed by atoms with Gasteiger partial charge in [-0.05, 0) is 18.2 Å². The van der Waals surface area contributed by atoms with Gasteiger partial charge < -0.3 is 10.6 Å². The van der Waals surface area contributed by atoms with Crippen LogP contribution >= 0.6 is 0 Å². The fourth-order valence-corrected chi connectivity index (χ4v) is 2.07. The second kappa shape index (κ2) is 4.43. The minimum absolute atomic E-state index is 0.472. The molecule has 0 atom stereocenters. The molecule has 2 aromatic heterocycles. The van der Waals surface area contributed by atoms with Gasteiger partial charge in [-0.25, -0.2) is 9.67 Å². The van der Waals surface area contributed by atoms with Crippen molar-refractivity contribution in [3.8, 4) is 0 Å². The van der Waals surface area contributed by atoms with Gasteiger partial charge in [0.2, 0.25) is 0 Å². The van der Waals surface area contributed by atoms with Crippen molar-refractivity contribution in [2.45, 2.75) is 19.5 Å². The van der Waals surface area contributed by atoms with Crippen LogP contribution in [0.3, 0.4) is 0 Å². The van der Waals surface area contributed by atoms with Gasteiger partial charge in [-0.15, -0.1) is 0 Å². The van der Waals surface area contributed by atoms with Crippen LogP contribution in [0.1, 0.15) is 18.5 Å². The molecular weight excluding hydrogens is 214 g/mol. The first-order valence-corrected chi connectivity index (χ1v) is 6.12. The van der Waals surface area contributed by atoms with Crippen molar-refractivity contribution >= 4 is 11.0 Å². The van der Waals surface area contributed by atoms with E-state index in [2.05, 4.69) is 33.7 Å². The van der Waals surface area contributed by atoms with Gasteiger partial charge in [-0.2, -0.15) is 5.10 Å². The summed E-state index contributed by atoms with van der Waals surface area (Å²) in [7, 11) is 0. The number of hydrogen-bond donors (Lipinski definition) is 2. The maximum absolute atomic E-state index is 4.53. The summed E-state index contributed by atoms with van der Waals surface area (Å²) in [6.45, 7) is 5.95. The number of nitrogens with one attached hydrogen (secondary N) is 2. The molecule has 2 N–H and O–H groups in total. The van der Waals surface area contributed by atoms with Crippen molar-refractivity contribution in [2.24, 2.45) is 0 Å². The lowest BCUT2D eigenvalue weighted by Gasteiger charge is -2.27. The molecule has 1 aliphatic heterocycles. The molecule has 1 fully saturated rings. The Bertz CT molecular complexity index is 515. The predicted molar refractivity (Wildman–Crippen MR) is 66.8 cm³/mol. The predicted octanol–water partition coefficient (Wildman–Crippen LogP) is 0.685. The third kappa shape index (κ3) is 1.92. The average Bonchev–Trinajstić information content (AvgIpc) is 2.68. The van der Waals surface area contributed by atoms with Gasteiger partial charge in [0, 0.05) is 31.2 Å². The second-order valence-corrected chi connectivity index (χ2v) is 4.44. The van der Waals surface area contributed by atoms with Crippen LogP contribution in [0.5, 0.6) is 0 Å². The first-order valence-electron chi connectivity index (χ1n) is 6.12. The Morgan fingerprint density at radius 1 is 1.47 bits per heavy atom. The number of aromatic nitrogens is 3. The van der Waals surface area contributed by atoms with Crippen LogP contribution in [0, 0.1) is 0 Å². The standard InChI is InChI=1S/C12H17N5/c1-2-13-4-9-3-10-6-16-17(11-7-14-8-11)12(10)15-5-9/h3,5-6,11,13-14H,2,4,7-8H2,1H3. The molecule has 0 unspecified atom stereocenters. The highest BCUT2D eigenvalue weighted by atomic mass is 15.3. The SMILES string of the molecule is CCNCc1cnc2c(cnn2C2CNC2)c1. The zero-order valence-corrected chi connectivity index (χ0v) is 9.98. The molecule has 5 heteroatoms.